The van der Waals surface area contributed by atoms with Gasteiger partial charge in [-0.15, -0.1) is 0 Å². The molecule has 1 fully saturated rings. The lowest BCUT2D eigenvalue weighted by Crippen LogP contribution is -2.50. The third-order valence-corrected chi connectivity index (χ3v) is 5.25. The van der Waals surface area contributed by atoms with Gasteiger partial charge in [-0.3, -0.25) is 24.4 Å². The predicted octanol–water partition coefficient (Wildman–Crippen LogP) is 0.530. The quantitative estimate of drug-likeness (QED) is 0.373. The molecule has 0 saturated carbocycles. The molecule has 1 aromatic heterocycles. The van der Waals surface area contributed by atoms with Crippen LogP contribution in [0.2, 0.25) is 0 Å². The SMILES string of the molecule is Cc1ccccc1CCNc1ncc(C)n(CC(=O)NC2CCN(C(=N)N)OC2)c1=O. The zero-order valence-electron chi connectivity index (χ0n) is 17.9. The van der Waals surface area contributed by atoms with Crippen LogP contribution in [0, 0.1) is 19.3 Å². The van der Waals surface area contributed by atoms with E-state index in [1.807, 2.05) is 12.1 Å². The lowest BCUT2D eigenvalue weighted by molar-refractivity contribution is -0.143. The van der Waals surface area contributed by atoms with Gasteiger partial charge in [-0.25, -0.2) is 10.0 Å². The molecule has 1 atom stereocenters. The Morgan fingerprint density at radius 2 is 2.13 bits per heavy atom. The maximum absolute atomic E-state index is 12.8. The molecule has 31 heavy (non-hydrogen) atoms. The first-order valence-corrected chi connectivity index (χ1v) is 10.2. The van der Waals surface area contributed by atoms with Crippen LogP contribution in [0.4, 0.5) is 5.82 Å². The highest BCUT2D eigenvalue weighted by Crippen LogP contribution is 2.09. The van der Waals surface area contributed by atoms with Crippen molar-refractivity contribution in [3.05, 3.63) is 57.6 Å². The smallest absolute Gasteiger partial charge is 0.293 e. The van der Waals surface area contributed by atoms with Crippen LogP contribution in [0.3, 0.4) is 0 Å². The van der Waals surface area contributed by atoms with Crippen LogP contribution in [0.15, 0.2) is 35.3 Å². The van der Waals surface area contributed by atoms with E-state index in [1.165, 1.54) is 20.8 Å². The lowest BCUT2D eigenvalue weighted by atomic mass is 10.1. The van der Waals surface area contributed by atoms with E-state index < -0.39 is 0 Å². The molecular formula is C21H29N7O3. The van der Waals surface area contributed by atoms with Gasteiger partial charge in [0.2, 0.25) is 11.9 Å². The molecule has 3 rings (SSSR count). The maximum Gasteiger partial charge on any atom is 0.293 e. The van der Waals surface area contributed by atoms with Crippen molar-refractivity contribution in [3.63, 3.8) is 0 Å². The third kappa shape index (κ3) is 5.82. The van der Waals surface area contributed by atoms with Crippen LogP contribution in [-0.4, -0.2) is 52.2 Å². The highest BCUT2D eigenvalue weighted by molar-refractivity contribution is 5.76. The van der Waals surface area contributed by atoms with Gasteiger partial charge >= 0.3 is 0 Å². The summed E-state index contributed by atoms with van der Waals surface area (Å²) < 4.78 is 1.41. The number of hydrogen-bond donors (Lipinski definition) is 4. The summed E-state index contributed by atoms with van der Waals surface area (Å²) in [6, 6.07) is 7.91. The number of amides is 1. The zero-order valence-corrected chi connectivity index (χ0v) is 17.9. The molecule has 1 saturated heterocycles. The monoisotopic (exact) mass is 427 g/mol. The number of carbonyl (C=O) groups is 1. The van der Waals surface area contributed by atoms with Crippen molar-refractivity contribution in [2.24, 2.45) is 5.73 Å². The van der Waals surface area contributed by atoms with Crippen molar-refractivity contribution < 1.29 is 9.63 Å². The van der Waals surface area contributed by atoms with Gasteiger partial charge in [0.05, 0.1) is 19.2 Å². The second-order valence-corrected chi connectivity index (χ2v) is 7.58. The number of hydroxylamine groups is 2. The fraction of sp³-hybridized carbons (Fsp3) is 0.429. The van der Waals surface area contributed by atoms with Crippen molar-refractivity contribution in [1.29, 1.82) is 5.41 Å². The summed E-state index contributed by atoms with van der Waals surface area (Å²) in [5.41, 5.74) is 8.07. The Bertz CT molecular complexity index is 997. The highest BCUT2D eigenvalue weighted by Gasteiger charge is 2.23. The van der Waals surface area contributed by atoms with Crippen molar-refractivity contribution in [3.8, 4) is 0 Å². The summed E-state index contributed by atoms with van der Waals surface area (Å²) in [6.07, 6.45) is 2.95. The number of aromatic nitrogens is 2. The van der Waals surface area contributed by atoms with E-state index in [9.17, 15) is 9.59 Å². The number of nitrogens with two attached hydrogens (primary N) is 1. The van der Waals surface area contributed by atoms with Crippen molar-refractivity contribution in [2.75, 3.05) is 25.0 Å². The van der Waals surface area contributed by atoms with Crippen LogP contribution in [0.5, 0.6) is 0 Å². The van der Waals surface area contributed by atoms with Gasteiger partial charge < -0.3 is 16.4 Å². The molecule has 10 nitrogen and oxygen atoms in total. The molecule has 166 valence electrons. The number of anilines is 1. The number of rotatable bonds is 7. The molecule has 1 aliphatic rings. The summed E-state index contributed by atoms with van der Waals surface area (Å²) in [6.45, 7) is 4.90. The lowest BCUT2D eigenvalue weighted by Gasteiger charge is -2.31. The molecule has 0 radical (unpaired) electrons. The molecule has 5 N–H and O–H groups in total. The number of hydrogen-bond acceptors (Lipinski definition) is 6. The van der Waals surface area contributed by atoms with Gasteiger partial charge in [-0.05, 0) is 37.8 Å². The number of guanidine groups is 1. The molecule has 1 aliphatic heterocycles. The fourth-order valence-electron chi connectivity index (χ4n) is 3.42. The van der Waals surface area contributed by atoms with Crippen molar-refractivity contribution in [1.82, 2.24) is 19.9 Å². The Hall–Kier alpha value is -3.40. The average molecular weight is 428 g/mol. The second-order valence-electron chi connectivity index (χ2n) is 7.58. The van der Waals surface area contributed by atoms with Crippen molar-refractivity contribution in [2.45, 2.75) is 39.3 Å². The van der Waals surface area contributed by atoms with Crippen LogP contribution in [0.25, 0.3) is 0 Å². The summed E-state index contributed by atoms with van der Waals surface area (Å²) in [7, 11) is 0. The van der Waals surface area contributed by atoms with Gasteiger partial charge in [-0.1, -0.05) is 24.3 Å². The van der Waals surface area contributed by atoms with Gasteiger partial charge in [0.15, 0.2) is 5.82 Å². The van der Waals surface area contributed by atoms with E-state index in [-0.39, 0.29) is 42.4 Å². The molecule has 0 aliphatic carbocycles. The molecule has 0 spiro atoms. The van der Waals surface area contributed by atoms with E-state index in [1.54, 1.807) is 13.1 Å². The van der Waals surface area contributed by atoms with E-state index in [0.29, 0.717) is 25.2 Å². The van der Waals surface area contributed by atoms with Crippen LogP contribution >= 0.6 is 0 Å². The zero-order chi connectivity index (χ0) is 22.4. The number of nitrogens with one attached hydrogen (secondary N) is 3. The number of carbonyl (C=O) groups excluding carboxylic acids is 1. The molecule has 1 aromatic carbocycles. The maximum atomic E-state index is 12.8. The van der Waals surface area contributed by atoms with E-state index in [2.05, 4.69) is 34.7 Å². The number of nitrogens with zero attached hydrogens (tertiary/aromatic N) is 3. The summed E-state index contributed by atoms with van der Waals surface area (Å²) in [4.78, 5) is 34.9. The fourth-order valence-corrected chi connectivity index (χ4v) is 3.42. The van der Waals surface area contributed by atoms with Gasteiger partial charge in [0, 0.05) is 18.4 Å². The molecule has 10 heteroatoms. The number of aryl methyl sites for hydroxylation is 2. The minimum atomic E-state index is -0.331. The number of benzene rings is 1. The summed E-state index contributed by atoms with van der Waals surface area (Å²) in [5, 5.41) is 14.6. The third-order valence-electron chi connectivity index (χ3n) is 5.25. The van der Waals surface area contributed by atoms with Gasteiger partial charge in [-0.2, -0.15) is 0 Å². The summed E-state index contributed by atoms with van der Waals surface area (Å²) >= 11 is 0. The molecule has 2 aromatic rings. The largest absolute Gasteiger partial charge is 0.368 e. The van der Waals surface area contributed by atoms with Crippen LogP contribution in [0.1, 0.15) is 23.2 Å². The Labute approximate surface area is 180 Å². The Balaban J connectivity index is 1.57. The van der Waals surface area contributed by atoms with E-state index in [4.69, 9.17) is 16.0 Å². The van der Waals surface area contributed by atoms with Crippen molar-refractivity contribution >= 4 is 17.7 Å². The summed E-state index contributed by atoms with van der Waals surface area (Å²) in [5.74, 6) is -0.219. The first-order valence-electron chi connectivity index (χ1n) is 10.2. The van der Waals surface area contributed by atoms with Gasteiger partial charge in [0.25, 0.3) is 5.56 Å². The molecule has 1 amide bonds. The standard InChI is InChI=1S/C21H29N7O3/c1-14-5-3-4-6-16(14)7-9-24-19-20(30)27(15(2)11-25-19)12-18(29)26-17-8-10-28(21(22)23)31-13-17/h3-6,11,17H,7-10,12-13H2,1-2H3,(H3,22,23)(H,24,25)(H,26,29). The van der Waals surface area contributed by atoms with E-state index >= 15 is 0 Å². The normalized spacial score (nSPS) is 16.1. The highest BCUT2D eigenvalue weighted by atomic mass is 16.7. The van der Waals surface area contributed by atoms with E-state index in [0.717, 1.165) is 6.42 Å². The van der Waals surface area contributed by atoms with Gasteiger partial charge in [0.1, 0.15) is 6.54 Å². The molecule has 2 heterocycles. The Morgan fingerprint density at radius 1 is 1.35 bits per heavy atom. The topological polar surface area (TPSA) is 138 Å². The molecule has 0 bridgehead atoms. The second kappa shape index (κ2) is 10.1. The molecule has 1 unspecified atom stereocenters. The Kier molecular flexibility index (Phi) is 7.24. The first-order chi connectivity index (χ1) is 14.8. The van der Waals surface area contributed by atoms with Crippen LogP contribution < -0.4 is 21.9 Å². The minimum Gasteiger partial charge on any atom is -0.368 e. The first kappa shape index (κ1) is 22.3. The minimum absolute atomic E-state index is 0.105. The predicted molar refractivity (Wildman–Crippen MR) is 118 cm³/mol. The molecular weight excluding hydrogens is 398 g/mol. The Morgan fingerprint density at radius 3 is 2.81 bits per heavy atom. The van der Waals surface area contributed by atoms with Crippen LogP contribution in [-0.2, 0) is 22.6 Å². The average Bonchev–Trinajstić information content (AvgIpc) is 2.74.